The zero-order valence-electron chi connectivity index (χ0n) is 16.9. The van der Waals surface area contributed by atoms with Gasteiger partial charge in [-0.15, -0.1) is 0 Å². The number of rotatable bonds is 3. The lowest BCUT2D eigenvalue weighted by Gasteiger charge is -2.44. The number of hydrogen-bond donors (Lipinski definition) is 8. The molecule has 1 fully saturated rings. The number of ether oxygens (including phenoxy) is 4. The van der Waals surface area contributed by atoms with Crippen LogP contribution in [-0.4, -0.2) is 110 Å². The first-order valence-electron chi connectivity index (χ1n) is 10.2. The topological polar surface area (TPSA) is 208 Å². The highest BCUT2D eigenvalue weighted by atomic mass is 16.7. The van der Waals surface area contributed by atoms with Crippen molar-refractivity contribution in [3.8, 4) is 17.2 Å². The molecule has 0 bridgehead atoms. The van der Waals surface area contributed by atoms with Gasteiger partial charge in [0.05, 0.1) is 18.2 Å². The average Bonchev–Trinajstić information content (AvgIpc) is 3.27. The minimum Gasteiger partial charge on any atom is -0.504 e. The van der Waals surface area contributed by atoms with Crippen molar-refractivity contribution in [1.29, 1.82) is 0 Å². The molecule has 3 aliphatic heterocycles. The Morgan fingerprint density at radius 3 is 2.52 bits per heavy atom. The van der Waals surface area contributed by atoms with Gasteiger partial charge in [-0.3, -0.25) is 4.79 Å². The Balaban J connectivity index is 1.52. The van der Waals surface area contributed by atoms with E-state index in [1.807, 2.05) is 0 Å². The fourth-order valence-electron chi connectivity index (χ4n) is 4.53. The first-order valence-corrected chi connectivity index (χ1v) is 10.2. The minimum atomic E-state index is -1.72. The van der Waals surface area contributed by atoms with Gasteiger partial charge in [0.25, 0.3) is 5.91 Å². The van der Waals surface area contributed by atoms with Gasteiger partial charge in [-0.05, 0) is 17.7 Å². The van der Waals surface area contributed by atoms with Gasteiger partial charge in [-0.2, -0.15) is 0 Å². The second kappa shape index (κ2) is 8.07. The highest BCUT2D eigenvalue weighted by molar-refractivity contribution is 6.07. The molecule has 0 saturated carbocycles. The van der Waals surface area contributed by atoms with Crippen molar-refractivity contribution < 1.29 is 59.5 Å². The Hall–Kier alpha value is -2.49. The van der Waals surface area contributed by atoms with Gasteiger partial charge in [0.15, 0.2) is 17.8 Å². The molecule has 0 spiro atoms. The van der Waals surface area contributed by atoms with Crippen molar-refractivity contribution in [3.63, 3.8) is 0 Å². The third kappa shape index (κ3) is 3.36. The van der Waals surface area contributed by atoms with Crippen molar-refractivity contribution in [2.45, 2.75) is 55.1 Å². The van der Waals surface area contributed by atoms with Crippen LogP contribution in [0.25, 0.3) is 5.57 Å². The lowest BCUT2D eigenvalue weighted by molar-refractivity contribution is -0.314. The number of aliphatic hydroxyl groups excluding tert-OH is 6. The number of fused-ring (bicyclic) bond motifs is 4. The second-order valence-corrected chi connectivity index (χ2v) is 8.23. The van der Waals surface area contributed by atoms with Crippen LogP contribution >= 0.6 is 0 Å². The Morgan fingerprint density at radius 2 is 1.79 bits per heavy atom. The summed E-state index contributed by atoms with van der Waals surface area (Å²) < 4.78 is 21.4. The van der Waals surface area contributed by atoms with E-state index < -0.39 is 73.3 Å². The van der Waals surface area contributed by atoms with Gasteiger partial charge in [0.2, 0.25) is 12.5 Å². The van der Waals surface area contributed by atoms with Crippen molar-refractivity contribution in [2.24, 2.45) is 0 Å². The van der Waals surface area contributed by atoms with E-state index in [9.17, 15) is 40.5 Å². The third-order valence-electron chi connectivity index (χ3n) is 6.31. The van der Waals surface area contributed by atoms with Gasteiger partial charge >= 0.3 is 0 Å². The molecule has 1 aromatic rings. The van der Waals surface area contributed by atoms with Crippen LogP contribution in [0.3, 0.4) is 0 Å². The van der Waals surface area contributed by atoms with Crippen molar-refractivity contribution >= 4 is 11.5 Å². The first-order chi connectivity index (χ1) is 15.7. The van der Waals surface area contributed by atoms with E-state index in [1.165, 1.54) is 12.1 Å². The summed E-state index contributed by atoms with van der Waals surface area (Å²) in [5, 5.41) is 73.9. The quantitative estimate of drug-likeness (QED) is 0.217. The first kappa shape index (κ1) is 22.3. The number of hydrogen-bond acceptors (Lipinski definition) is 12. The molecule has 4 aliphatic rings. The summed E-state index contributed by atoms with van der Waals surface area (Å²) in [6.45, 7) is -0.824. The predicted octanol–water partition coefficient (Wildman–Crippen LogP) is -3.46. The molecule has 13 nitrogen and oxygen atoms in total. The zero-order chi connectivity index (χ0) is 23.6. The molecule has 1 amide bonds. The van der Waals surface area contributed by atoms with E-state index >= 15 is 0 Å². The molecule has 13 heteroatoms. The van der Waals surface area contributed by atoms with Crippen LogP contribution in [0.1, 0.15) is 15.9 Å². The summed E-state index contributed by atoms with van der Waals surface area (Å²) in [5.74, 6) is -0.938. The summed E-state index contributed by atoms with van der Waals surface area (Å²) in [7, 11) is 0. The van der Waals surface area contributed by atoms with E-state index in [2.05, 4.69) is 5.32 Å². The standard InChI is InChI=1S/C20H23NO12/c22-3-9-13(24)16(27)17(28)20(33-9)32-7-2-6-5-1-8-18(31-4-30-8)14(25)10(5)19(29)21-11(6)15(26)12(7)23/h1-2,7,9,11-13,15-17,20,22-28H,3-4H2,(H,21,29)/t7-,9-,11+,12+,13-,15+,16-,17-,20-/m0/s1. The SMILES string of the molecule is O=C1N[C@@H]2C(=C[C@H](O[C@H]3O[C@@H](CO)[C@H](O)[C@H](O)[C@@H]3O)[C@@H](O)[C@@H]2O)c2cc3c(c(O)c21)OCO3. The molecule has 0 radical (unpaired) electrons. The number of phenols is 1. The lowest BCUT2D eigenvalue weighted by atomic mass is 9.79. The van der Waals surface area contributed by atoms with Gasteiger partial charge in [0.1, 0.15) is 42.7 Å². The maximum absolute atomic E-state index is 12.6. The van der Waals surface area contributed by atoms with Gasteiger partial charge < -0.3 is 60.0 Å². The Kier molecular flexibility index (Phi) is 5.46. The van der Waals surface area contributed by atoms with Crippen LogP contribution in [0.15, 0.2) is 12.1 Å². The number of phenolic OH excluding ortho intramolecular Hbond substituents is 1. The number of amides is 1. The zero-order valence-corrected chi connectivity index (χ0v) is 16.9. The molecule has 1 saturated heterocycles. The van der Waals surface area contributed by atoms with E-state index in [4.69, 9.17) is 18.9 Å². The van der Waals surface area contributed by atoms with Gasteiger partial charge in [-0.1, -0.05) is 0 Å². The maximum Gasteiger partial charge on any atom is 0.256 e. The molecular formula is C20H23NO12. The highest BCUT2D eigenvalue weighted by Crippen LogP contribution is 2.48. The van der Waals surface area contributed by atoms with Crippen LogP contribution in [0.2, 0.25) is 0 Å². The normalized spacial score (nSPS) is 39.4. The largest absolute Gasteiger partial charge is 0.504 e. The number of benzene rings is 1. The molecule has 0 aromatic heterocycles. The number of carbonyl (C=O) groups is 1. The fraction of sp³-hybridized carbons (Fsp3) is 0.550. The summed E-state index contributed by atoms with van der Waals surface area (Å²) >= 11 is 0. The van der Waals surface area contributed by atoms with Crippen molar-refractivity contribution in [2.75, 3.05) is 13.4 Å². The number of aromatic hydroxyl groups is 1. The van der Waals surface area contributed by atoms with Crippen LogP contribution in [0, 0.1) is 0 Å². The minimum absolute atomic E-state index is 0.00783. The second-order valence-electron chi connectivity index (χ2n) is 8.23. The highest BCUT2D eigenvalue weighted by Gasteiger charge is 2.49. The van der Waals surface area contributed by atoms with Crippen LogP contribution in [-0.2, 0) is 9.47 Å². The molecule has 3 heterocycles. The smallest absolute Gasteiger partial charge is 0.256 e. The number of aliphatic hydroxyl groups is 6. The molecule has 33 heavy (non-hydrogen) atoms. The Labute approximate surface area is 186 Å². The molecule has 180 valence electrons. The Morgan fingerprint density at radius 1 is 1.03 bits per heavy atom. The molecule has 9 atom stereocenters. The van der Waals surface area contributed by atoms with Crippen LogP contribution in [0.4, 0.5) is 0 Å². The van der Waals surface area contributed by atoms with Crippen LogP contribution < -0.4 is 14.8 Å². The summed E-state index contributed by atoms with van der Waals surface area (Å²) in [5.41, 5.74) is 0.404. The molecule has 1 aliphatic carbocycles. The molecular weight excluding hydrogens is 446 g/mol. The van der Waals surface area contributed by atoms with Crippen LogP contribution in [0.5, 0.6) is 17.2 Å². The molecule has 5 rings (SSSR count). The summed E-state index contributed by atoms with van der Waals surface area (Å²) in [4.78, 5) is 12.6. The van der Waals surface area contributed by atoms with E-state index in [1.54, 1.807) is 0 Å². The maximum atomic E-state index is 12.6. The van der Waals surface area contributed by atoms with Gasteiger partial charge in [0, 0.05) is 5.56 Å². The lowest BCUT2D eigenvalue weighted by Crippen LogP contribution is -2.62. The predicted molar refractivity (Wildman–Crippen MR) is 104 cm³/mol. The van der Waals surface area contributed by atoms with E-state index in [0.717, 1.165) is 0 Å². The van der Waals surface area contributed by atoms with E-state index in [0.29, 0.717) is 5.57 Å². The van der Waals surface area contributed by atoms with Gasteiger partial charge in [-0.25, -0.2) is 0 Å². The average molecular weight is 469 g/mol. The molecule has 1 aromatic carbocycles. The number of carbonyl (C=O) groups excluding carboxylic acids is 1. The van der Waals surface area contributed by atoms with Crippen molar-refractivity contribution in [3.05, 3.63) is 23.3 Å². The fourth-order valence-corrected chi connectivity index (χ4v) is 4.53. The van der Waals surface area contributed by atoms with E-state index in [-0.39, 0.29) is 29.4 Å². The summed E-state index contributed by atoms with van der Waals surface area (Å²) in [6, 6.07) is 0.416. The third-order valence-corrected chi connectivity index (χ3v) is 6.31. The van der Waals surface area contributed by atoms with Crippen molar-refractivity contribution in [1.82, 2.24) is 5.32 Å². The molecule has 8 N–H and O–H groups in total. The summed E-state index contributed by atoms with van der Waals surface area (Å²) in [6.07, 6.45) is -10.9. The monoisotopic (exact) mass is 469 g/mol. The Bertz CT molecular complexity index is 996. The molecule has 0 unspecified atom stereocenters. The number of nitrogens with one attached hydrogen (secondary N) is 1.